The van der Waals surface area contributed by atoms with E-state index in [4.69, 9.17) is 20.2 Å². The number of aryl methyl sites for hydroxylation is 1. The van der Waals surface area contributed by atoms with Crippen molar-refractivity contribution >= 4 is 21.9 Å². The van der Waals surface area contributed by atoms with Crippen LogP contribution in [0.3, 0.4) is 0 Å². The van der Waals surface area contributed by atoms with Gasteiger partial charge in [0, 0.05) is 4.47 Å². The number of esters is 1. The molecule has 1 aromatic carbocycles. The minimum Gasteiger partial charge on any atom is -0.486 e. The molecule has 2 N–H and O–H groups in total. The highest BCUT2D eigenvalue weighted by Crippen LogP contribution is 2.35. The number of carbonyl (C=O) groups is 1. The van der Waals surface area contributed by atoms with Crippen LogP contribution in [0.4, 0.5) is 0 Å². The van der Waals surface area contributed by atoms with E-state index in [1.807, 2.05) is 18.2 Å². The third kappa shape index (κ3) is 3.62. The topological polar surface area (TPSA) is 70.8 Å². The number of fused-ring (bicyclic) bond motifs is 1. The highest BCUT2D eigenvalue weighted by molar-refractivity contribution is 9.10. The molecule has 5 nitrogen and oxygen atoms in total. The van der Waals surface area contributed by atoms with Crippen LogP contribution in [0.5, 0.6) is 5.75 Å². The predicted molar refractivity (Wildman–Crippen MR) is 86.4 cm³/mol. The van der Waals surface area contributed by atoms with Crippen molar-refractivity contribution in [2.24, 2.45) is 5.90 Å². The fraction of sp³-hybridized carbons (Fsp3) is 0.562. The molecule has 0 aliphatic carbocycles. The lowest BCUT2D eigenvalue weighted by molar-refractivity contribution is -0.196. The van der Waals surface area contributed by atoms with Crippen LogP contribution in [0.1, 0.15) is 39.7 Å². The Morgan fingerprint density at radius 1 is 1.36 bits per heavy atom. The average Bonchev–Trinajstić information content (AvgIpc) is 2.43. The standard InChI is InChI=1S/C16H22BrNO4/c1-15(2,3)21-14(19)16(4,22-18)13-8-5-10-9-11(17)6-7-12(10)20-13/h6-7,9,13H,5,8,18H2,1-4H3. The summed E-state index contributed by atoms with van der Waals surface area (Å²) in [6, 6.07) is 5.78. The Morgan fingerprint density at radius 2 is 2.05 bits per heavy atom. The summed E-state index contributed by atoms with van der Waals surface area (Å²) < 4.78 is 12.4. The Bertz CT molecular complexity index is 570. The second-order valence-corrected chi connectivity index (χ2v) is 7.54. The maximum absolute atomic E-state index is 12.5. The second-order valence-electron chi connectivity index (χ2n) is 6.62. The molecule has 0 aromatic heterocycles. The number of benzene rings is 1. The minimum absolute atomic E-state index is 0.499. The van der Waals surface area contributed by atoms with E-state index >= 15 is 0 Å². The first-order chi connectivity index (χ1) is 10.2. The minimum atomic E-state index is -1.35. The van der Waals surface area contributed by atoms with Crippen LogP contribution >= 0.6 is 15.9 Å². The zero-order chi connectivity index (χ0) is 16.5. The number of carbonyl (C=O) groups excluding carboxylic acids is 1. The van der Waals surface area contributed by atoms with Crippen LogP contribution in [0.2, 0.25) is 0 Å². The van der Waals surface area contributed by atoms with Crippen molar-refractivity contribution in [2.75, 3.05) is 0 Å². The van der Waals surface area contributed by atoms with E-state index in [1.165, 1.54) is 0 Å². The zero-order valence-electron chi connectivity index (χ0n) is 13.3. The summed E-state index contributed by atoms with van der Waals surface area (Å²) in [5.41, 5.74) is -0.874. The van der Waals surface area contributed by atoms with E-state index in [-0.39, 0.29) is 0 Å². The first-order valence-corrected chi connectivity index (χ1v) is 8.01. The van der Waals surface area contributed by atoms with Gasteiger partial charge in [0.2, 0.25) is 5.60 Å². The Morgan fingerprint density at radius 3 is 2.64 bits per heavy atom. The van der Waals surface area contributed by atoms with Gasteiger partial charge in [0.25, 0.3) is 0 Å². The molecule has 0 spiro atoms. The van der Waals surface area contributed by atoms with Gasteiger partial charge in [0.05, 0.1) is 0 Å². The highest BCUT2D eigenvalue weighted by atomic mass is 79.9. The Kier molecular flexibility index (Phi) is 4.84. The summed E-state index contributed by atoms with van der Waals surface area (Å²) in [4.78, 5) is 17.5. The smallest absolute Gasteiger partial charge is 0.344 e. The molecule has 2 unspecified atom stereocenters. The second kappa shape index (κ2) is 6.18. The van der Waals surface area contributed by atoms with E-state index in [0.29, 0.717) is 6.42 Å². The zero-order valence-corrected chi connectivity index (χ0v) is 14.9. The molecule has 1 aliphatic heterocycles. The van der Waals surface area contributed by atoms with Gasteiger partial charge in [0.1, 0.15) is 17.5 Å². The summed E-state index contributed by atoms with van der Waals surface area (Å²) in [6.07, 6.45) is 0.901. The number of rotatable bonds is 3. The molecule has 0 radical (unpaired) electrons. The van der Waals surface area contributed by atoms with Gasteiger partial charge in [-0.05, 0) is 64.3 Å². The van der Waals surface area contributed by atoms with Crippen molar-refractivity contribution in [2.45, 2.75) is 57.8 Å². The maximum Gasteiger partial charge on any atom is 0.344 e. The molecule has 22 heavy (non-hydrogen) atoms. The average molecular weight is 372 g/mol. The summed E-state index contributed by atoms with van der Waals surface area (Å²) in [5, 5.41) is 0. The molecule has 0 bridgehead atoms. The molecule has 0 amide bonds. The Hall–Kier alpha value is -1.11. The predicted octanol–water partition coefficient (Wildman–Crippen LogP) is 3.13. The van der Waals surface area contributed by atoms with E-state index in [1.54, 1.807) is 27.7 Å². The lowest BCUT2D eigenvalue weighted by Crippen LogP contribution is -2.56. The largest absolute Gasteiger partial charge is 0.486 e. The van der Waals surface area contributed by atoms with Crippen molar-refractivity contribution < 1.29 is 19.1 Å². The van der Waals surface area contributed by atoms with E-state index in [0.717, 1.165) is 22.2 Å². The van der Waals surface area contributed by atoms with Gasteiger partial charge in [0.15, 0.2) is 0 Å². The monoisotopic (exact) mass is 371 g/mol. The Balaban J connectivity index is 2.22. The summed E-state index contributed by atoms with van der Waals surface area (Å²) in [6.45, 7) is 7.01. The molecule has 1 aliphatic rings. The van der Waals surface area contributed by atoms with E-state index in [2.05, 4.69) is 15.9 Å². The normalized spacial score (nSPS) is 20.5. The lowest BCUT2D eigenvalue weighted by atomic mass is 9.90. The molecule has 0 saturated carbocycles. The van der Waals surface area contributed by atoms with Crippen LogP contribution in [0, 0.1) is 0 Å². The van der Waals surface area contributed by atoms with Crippen molar-refractivity contribution in [3.63, 3.8) is 0 Å². The van der Waals surface area contributed by atoms with Gasteiger partial charge < -0.3 is 9.47 Å². The molecule has 0 saturated heterocycles. The molecule has 0 fully saturated rings. The fourth-order valence-corrected chi connectivity index (χ4v) is 2.79. The van der Waals surface area contributed by atoms with Crippen LogP contribution in [0.15, 0.2) is 22.7 Å². The molecular formula is C16H22BrNO4. The fourth-order valence-electron chi connectivity index (χ4n) is 2.38. The molecule has 2 rings (SSSR count). The van der Waals surface area contributed by atoms with Crippen LogP contribution in [-0.2, 0) is 20.8 Å². The summed E-state index contributed by atoms with van der Waals surface area (Å²) >= 11 is 3.44. The third-order valence-electron chi connectivity index (χ3n) is 3.63. The number of hydrogen-bond donors (Lipinski definition) is 1. The van der Waals surface area contributed by atoms with Gasteiger partial charge in [-0.2, -0.15) is 0 Å². The SMILES string of the molecule is CC(C)(C)OC(=O)C(C)(ON)C1CCc2cc(Br)ccc2O1. The van der Waals surface area contributed by atoms with Crippen molar-refractivity contribution in [3.8, 4) is 5.75 Å². The van der Waals surface area contributed by atoms with E-state index in [9.17, 15) is 4.79 Å². The van der Waals surface area contributed by atoms with Crippen molar-refractivity contribution in [3.05, 3.63) is 28.2 Å². The van der Waals surface area contributed by atoms with Gasteiger partial charge in [-0.3, -0.25) is 4.84 Å². The van der Waals surface area contributed by atoms with Crippen LogP contribution < -0.4 is 10.6 Å². The van der Waals surface area contributed by atoms with Crippen LogP contribution in [-0.4, -0.2) is 23.3 Å². The molecule has 2 atom stereocenters. The number of nitrogens with two attached hydrogens (primary N) is 1. The first kappa shape index (κ1) is 17.2. The highest BCUT2D eigenvalue weighted by Gasteiger charge is 2.48. The van der Waals surface area contributed by atoms with Crippen LogP contribution in [0.25, 0.3) is 0 Å². The molecule has 1 aromatic rings. The van der Waals surface area contributed by atoms with Gasteiger partial charge in [-0.1, -0.05) is 15.9 Å². The first-order valence-electron chi connectivity index (χ1n) is 7.22. The maximum atomic E-state index is 12.5. The molecular weight excluding hydrogens is 350 g/mol. The Labute approximate surface area is 139 Å². The van der Waals surface area contributed by atoms with Crippen molar-refractivity contribution in [1.82, 2.24) is 0 Å². The number of ether oxygens (including phenoxy) is 2. The number of hydrogen-bond acceptors (Lipinski definition) is 5. The van der Waals surface area contributed by atoms with Gasteiger partial charge >= 0.3 is 5.97 Å². The number of halogens is 1. The quantitative estimate of drug-likeness (QED) is 0.652. The summed E-state index contributed by atoms with van der Waals surface area (Å²) in [5.74, 6) is 5.64. The molecule has 122 valence electrons. The van der Waals surface area contributed by atoms with Gasteiger partial charge in [-0.25, -0.2) is 10.7 Å². The van der Waals surface area contributed by atoms with Crippen molar-refractivity contribution in [1.29, 1.82) is 0 Å². The molecule has 1 heterocycles. The third-order valence-corrected chi connectivity index (χ3v) is 4.12. The lowest BCUT2D eigenvalue weighted by Gasteiger charge is -2.38. The van der Waals surface area contributed by atoms with Gasteiger partial charge in [-0.15, -0.1) is 0 Å². The van der Waals surface area contributed by atoms with E-state index < -0.39 is 23.3 Å². The summed E-state index contributed by atoms with van der Waals surface area (Å²) in [7, 11) is 0. The molecule has 6 heteroatoms.